The topological polar surface area (TPSA) is 8.17 Å². The molecular weight excluding hydrogens is 318 g/mol. The molecule has 0 spiro atoms. The Bertz CT molecular complexity index is 846. The summed E-state index contributed by atoms with van der Waals surface area (Å²) in [5.74, 6) is -0.357. The fourth-order valence-electron chi connectivity index (χ4n) is 3.80. The monoisotopic (exact) mass is 340 g/mol. The number of nitrogens with zero attached hydrogens (tertiary/aromatic N) is 2. The van der Waals surface area contributed by atoms with Gasteiger partial charge in [0.25, 0.3) is 0 Å². The van der Waals surface area contributed by atoms with E-state index in [0.717, 1.165) is 49.8 Å². The normalized spacial score (nSPS) is 16.6. The third-order valence-electron chi connectivity index (χ3n) is 5.27. The van der Waals surface area contributed by atoms with Gasteiger partial charge in [0.05, 0.1) is 5.52 Å². The van der Waals surface area contributed by atoms with Crippen LogP contribution in [0.2, 0.25) is 0 Å². The lowest BCUT2D eigenvalue weighted by atomic mass is 10.0. The van der Waals surface area contributed by atoms with Crippen molar-refractivity contribution < 1.29 is 8.78 Å². The number of piperidine rings is 1. The van der Waals surface area contributed by atoms with E-state index < -0.39 is 0 Å². The number of likely N-dealkylation sites (tertiary alicyclic amines) is 1. The van der Waals surface area contributed by atoms with Crippen molar-refractivity contribution in [3.63, 3.8) is 0 Å². The second-order valence-corrected chi connectivity index (χ2v) is 6.88. The predicted octanol–water partition coefficient (Wildman–Crippen LogP) is 4.80. The lowest BCUT2D eigenvalue weighted by molar-refractivity contribution is 0.190. The van der Waals surface area contributed by atoms with E-state index in [1.165, 1.54) is 23.8 Å². The molecule has 0 radical (unpaired) electrons. The summed E-state index contributed by atoms with van der Waals surface area (Å²) in [7, 11) is 0. The standard InChI is InChI=1S/C21H22F2N2/c22-18-4-1-16(2-5-18)7-11-24-12-9-20(10-13-24)25-14-8-17-3-6-19(23)15-21(17)25/h1-6,8,14-15,20H,7,9-13H2. The van der Waals surface area contributed by atoms with E-state index in [2.05, 4.69) is 21.7 Å². The van der Waals surface area contributed by atoms with Crippen LogP contribution in [0.3, 0.4) is 0 Å². The first-order chi connectivity index (χ1) is 12.2. The molecule has 0 N–H and O–H groups in total. The van der Waals surface area contributed by atoms with Crippen LogP contribution < -0.4 is 0 Å². The molecule has 1 saturated heterocycles. The zero-order chi connectivity index (χ0) is 17.2. The third kappa shape index (κ3) is 3.59. The van der Waals surface area contributed by atoms with Crippen molar-refractivity contribution in [1.29, 1.82) is 0 Å². The molecule has 0 saturated carbocycles. The van der Waals surface area contributed by atoms with Crippen molar-refractivity contribution >= 4 is 10.9 Å². The number of hydrogen-bond donors (Lipinski definition) is 0. The first-order valence-corrected chi connectivity index (χ1v) is 8.92. The molecule has 0 amide bonds. The molecule has 25 heavy (non-hydrogen) atoms. The summed E-state index contributed by atoms with van der Waals surface area (Å²) < 4.78 is 28.8. The minimum absolute atomic E-state index is 0.177. The number of aromatic nitrogens is 1. The molecule has 1 fully saturated rings. The second kappa shape index (κ2) is 6.96. The van der Waals surface area contributed by atoms with E-state index >= 15 is 0 Å². The van der Waals surface area contributed by atoms with Gasteiger partial charge in [-0.05, 0) is 66.6 Å². The highest BCUT2D eigenvalue weighted by atomic mass is 19.1. The van der Waals surface area contributed by atoms with Crippen molar-refractivity contribution in [2.75, 3.05) is 19.6 Å². The van der Waals surface area contributed by atoms with Crippen LogP contribution >= 0.6 is 0 Å². The van der Waals surface area contributed by atoms with Crippen LogP contribution in [0.5, 0.6) is 0 Å². The molecule has 0 atom stereocenters. The average Bonchev–Trinajstić information content (AvgIpc) is 3.05. The minimum Gasteiger partial charge on any atom is -0.344 e. The van der Waals surface area contributed by atoms with E-state index in [0.29, 0.717) is 6.04 Å². The van der Waals surface area contributed by atoms with Gasteiger partial charge in [-0.3, -0.25) is 0 Å². The van der Waals surface area contributed by atoms with Crippen LogP contribution in [0, 0.1) is 11.6 Å². The SMILES string of the molecule is Fc1ccc(CCN2CCC(n3ccc4ccc(F)cc43)CC2)cc1. The maximum atomic E-state index is 13.6. The molecule has 1 aromatic heterocycles. The zero-order valence-corrected chi connectivity index (χ0v) is 14.2. The van der Waals surface area contributed by atoms with Crippen LogP contribution in [0.4, 0.5) is 8.78 Å². The number of benzene rings is 2. The number of fused-ring (bicyclic) bond motifs is 1. The Hall–Kier alpha value is -2.20. The van der Waals surface area contributed by atoms with Crippen molar-refractivity contribution in [2.45, 2.75) is 25.3 Å². The van der Waals surface area contributed by atoms with Crippen LogP contribution in [0.15, 0.2) is 54.7 Å². The Labute approximate surface area is 146 Å². The lowest BCUT2D eigenvalue weighted by Crippen LogP contribution is -2.35. The van der Waals surface area contributed by atoms with E-state index in [-0.39, 0.29) is 11.6 Å². The van der Waals surface area contributed by atoms with Gasteiger partial charge in [-0.15, -0.1) is 0 Å². The fourth-order valence-corrected chi connectivity index (χ4v) is 3.80. The summed E-state index contributed by atoms with van der Waals surface area (Å²) in [6.45, 7) is 3.08. The minimum atomic E-state index is -0.181. The smallest absolute Gasteiger partial charge is 0.125 e. The highest BCUT2D eigenvalue weighted by Crippen LogP contribution is 2.28. The molecular formula is C21H22F2N2. The molecule has 2 nitrogen and oxygen atoms in total. The van der Waals surface area contributed by atoms with Gasteiger partial charge >= 0.3 is 0 Å². The molecule has 1 aliphatic heterocycles. The molecule has 0 aliphatic carbocycles. The summed E-state index contributed by atoms with van der Waals surface area (Å²) in [6, 6.07) is 14.3. The van der Waals surface area contributed by atoms with Gasteiger partial charge in [-0.25, -0.2) is 8.78 Å². The molecule has 1 aliphatic rings. The van der Waals surface area contributed by atoms with Gasteiger partial charge in [-0.1, -0.05) is 12.1 Å². The molecule has 2 heterocycles. The first-order valence-electron chi connectivity index (χ1n) is 8.92. The molecule has 4 rings (SSSR count). The lowest BCUT2D eigenvalue weighted by Gasteiger charge is -2.33. The van der Waals surface area contributed by atoms with Crippen molar-refractivity contribution in [2.24, 2.45) is 0 Å². The molecule has 130 valence electrons. The van der Waals surface area contributed by atoms with E-state index in [9.17, 15) is 8.78 Å². The second-order valence-electron chi connectivity index (χ2n) is 6.88. The van der Waals surface area contributed by atoms with E-state index in [1.54, 1.807) is 6.07 Å². The van der Waals surface area contributed by atoms with Crippen molar-refractivity contribution in [1.82, 2.24) is 9.47 Å². The van der Waals surface area contributed by atoms with E-state index in [1.807, 2.05) is 18.2 Å². The Morgan fingerprint density at radius 1 is 0.880 bits per heavy atom. The van der Waals surface area contributed by atoms with Crippen molar-refractivity contribution in [3.8, 4) is 0 Å². The number of halogens is 2. The zero-order valence-electron chi connectivity index (χ0n) is 14.2. The van der Waals surface area contributed by atoms with Gasteiger partial charge in [0.2, 0.25) is 0 Å². The maximum absolute atomic E-state index is 13.6. The fraction of sp³-hybridized carbons (Fsp3) is 0.333. The van der Waals surface area contributed by atoms with Gasteiger partial charge in [0.15, 0.2) is 0 Å². The molecule has 2 aromatic carbocycles. The Morgan fingerprint density at radius 2 is 1.60 bits per heavy atom. The van der Waals surface area contributed by atoms with Crippen molar-refractivity contribution in [3.05, 3.63) is 71.9 Å². The van der Waals surface area contributed by atoms with Gasteiger partial charge in [0, 0.05) is 31.9 Å². The molecule has 0 unspecified atom stereocenters. The summed E-state index contributed by atoms with van der Waals surface area (Å²) >= 11 is 0. The Balaban J connectivity index is 1.36. The highest BCUT2D eigenvalue weighted by molar-refractivity contribution is 5.80. The van der Waals surface area contributed by atoms with Crippen LogP contribution in [0.25, 0.3) is 10.9 Å². The molecule has 0 bridgehead atoms. The Kier molecular flexibility index (Phi) is 4.53. The summed E-state index contributed by atoms with van der Waals surface area (Å²) in [6.07, 6.45) is 5.18. The first kappa shape index (κ1) is 16.3. The summed E-state index contributed by atoms with van der Waals surface area (Å²) in [4.78, 5) is 2.46. The molecule has 4 heteroatoms. The van der Waals surface area contributed by atoms with Gasteiger partial charge in [0.1, 0.15) is 11.6 Å². The predicted molar refractivity (Wildman–Crippen MR) is 96.7 cm³/mol. The quantitative estimate of drug-likeness (QED) is 0.662. The van der Waals surface area contributed by atoms with Crippen LogP contribution in [-0.2, 0) is 6.42 Å². The van der Waals surface area contributed by atoms with E-state index in [4.69, 9.17) is 0 Å². The largest absolute Gasteiger partial charge is 0.344 e. The number of hydrogen-bond acceptors (Lipinski definition) is 1. The third-order valence-corrected chi connectivity index (χ3v) is 5.27. The van der Waals surface area contributed by atoms with Crippen LogP contribution in [-0.4, -0.2) is 29.1 Å². The Morgan fingerprint density at radius 3 is 2.36 bits per heavy atom. The van der Waals surface area contributed by atoms with Gasteiger partial charge in [-0.2, -0.15) is 0 Å². The number of rotatable bonds is 4. The summed E-state index contributed by atoms with van der Waals surface area (Å²) in [5, 5.41) is 1.10. The highest BCUT2D eigenvalue weighted by Gasteiger charge is 2.21. The maximum Gasteiger partial charge on any atom is 0.125 e. The van der Waals surface area contributed by atoms with Crippen LogP contribution in [0.1, 0.15) is 24.4 Å². The van der Waals surface area contributed by atoms with Gasteiger partial charge < -0.3 is 9.47 Å². The molecule has 3 aromatic rings. The average molecular weight is 340 g/mol. The summed E-state index contributed by atoms with van der Waals surface area (Å²) in [5.41, 5.74) is 2.17.